The molecule has 0 aromatic heterocycles. The van der Waals surface area contributed by atoms with Crippen molar-refractivity contribution in [2.75, 3.05) is 5.73 Å². The monoisotopic (exact) mass is 178 g/mol. The SMILES string of the molecule is CCC[C@H](N)c1ccc(C)c(N)c1. The summed E-state index contributed by atoms with van der Waals surface area (Å²) in [6, 6.07) is 6.20. The average Bonchev–Trinajstić information content (AvgIpc) is 2.10. The molecule has 0 unspecified atom stereocenters. The first-order chi connectivity index (χ1) is 6.15. The number of rotatable bonds is 3. The highest BCUT2D eigenvalue weighted by molar-refractivity contribution is 5.48. The Morgan fingerprint density at radius 3 is 2.62 bits per heavy atom. The normalized spacial score (nSPS) is 12.8. The van der Waals surface area contributed by atoms with Crippen molar-refractivity contribution in [1.29, 1.82) is 0 Å². The van der Waals surface area contributed by atoms with Crippen molar-refractivity contribution in [2.45, 2.75) is 32.7 Å². The Morgan fingerprint density at radius 2 is 2.08 bits per heavy atom. The molecule has 72 valence electrons. The highest BCUT2D eigenvalue weighted by atomic mass is 14.6. The van der Waals surface area contributed by atoms with Crippen molar-refractivity contribution in [1.82, 2.24) is 0 Å². The number of aryl methyl sites for hydroxylation is 1. The van der Waals surface area contributed by atoms with Gasteiger partial charge in [0.1, 0.15) is 0 Å². The summed E-state index contributed by atoms with van der Waals surface area (Å²) in [4.78, 5) is 0. The lowest BCUT2D eigenvalue weighted by Gasteiger charge is -2.12. The zero-order valence-corrected chi connectivity index (χ0v) is 8.38. The minimum atomic E-state index is 0.132. The highest BCUT2D eigenvalue weighted by Gasteiger charge is 2.05. The number of nitrogen functional groups attached to an aromatic ring is 1. The average molecular weight is 178 g/mol. The van der Waals surface area contributed by atoms with Crippen LogP contribution in [-0.2, 0) is 0 Å². The molecule has 0 aliphatic rings. The number of benzene rings is 1. The second-order valence-corrected chi connectivity index (χ2v) is 3.51. The molecule has 0 amide bonds. The number of hydrogen-bond acceptors (Lipinski definition) is 2. The molecular formula is C11H18N2. The largest absolute Gasteiger partial charge is 0.399 e. The predicted molar refractivity (Wildman–Crippen MR) is 57.4 cm³/mol. The van der Waals surface area contributed by atoms with Gasteiger partial charge in [-0.05, 0) is 30.5 Å². The van der Waals surface area contributed by atoms with Crippen molar-refractivity contribution in [3.8, 4) is 0 Å². The fourth-order valence-corrected chi connectivity index (χ4v) is 1.37. The predicted octanol–water partition coefficient (Wildman–Crippen LogP) is 2.38. The quantitative estimate of drug-likeness (QED) is 0.698. The maximum Gasteiger partial charge on any atom is 0.0347 e. The molecular weight excluding hydrogens is 160 g/mol. The summed E-state index contributed by atoms with van der Waals surface area (Å²) in [7, 11) is 0. The Morgan fingerprint density at radius 1 is 1.38 bits per heavy atom. The standard InChI is InChI=1S/C11H18N2/c1-3-4-10(12)9-6-5-8(2)11(13)7-9/h5-7,10H,3-4,12-13H2,1-2H3/t10-/m0/s1. The van der Waals surface area contributed by atoms with Gasteiger partial charge in [0.2, 0.25) is 0 Å². The van der Waals surface area contributed by atoms with E-state index in [1.165, 1.54) is 0 Å². The van der Waals surface area contributed by atoms with Crippen LogP contribution in [0.25, 0.3) is 0 Å². The van der Waals surface area contributed by atoms with E-state index in [0.717, 1.165) is 29.7 Å². The van der Waals surface area contributed by atoms with Gasteiger partial charge in [0.25, 0.3) is 0 Å². The molecule has 0 fully saturated rings. The third-order valence-electron chi connectivity index (χ3n) is 2.33. The summed E-state index contributed by atoms with van der Waals surface area (Å²) in [6.45, 7) is 4.14. The Hall–Kier alpha value is -1.02. The van der Waals surface area contributed by atoms with E-state index in [2.05, 4.69) is 13.0 Å². The zero-order valence-electron chi connectivity index (χ0n) is 8.38. The van der Waals surface area contributed by atoms with Crippen LogP contribution in [0.5, 0.6) is 0 Å². The first-order valence-electron chi connectivity index (χ1n) is 4.76. The van der Waals surface area contributed by atoms with E-state index in [4.69, 9.17) is 11.5 Å². The molecule has 2 nitrogen and oxygen atoms in total. The van der Waals surface area contributed by atoms with Crippen LogP contribution in [0.3, 0.4) is 0 Å². The van der Waals surface area contributed by atoms with Crippen LogP contribution < -0.4 is 11.5 Å². The Kier molecular flexibility index (Phi) is 3.32. The third-order valence-corrected chi connectivity index (χ3v) is 2.33. The van der Waals surface area contributed by atoms with Crippen LogP contribution in [0, 0.1) is 6.92 Å². The van der Waals surface area contributed by atoms with Gasteiger partial charge >= 0.3 is 0 Å². The smallest absolute Gasteiger partial charge is 0.0347 e. The molecule has 1 rings (SSSR count). The molecule has 1 aromatic rings. The molecule has 1 atom stereocenters. The van der Waals surface area contributed by atoms with Crippen molar-refractivity contribution < 1.29 is 0 Å². The van der Waals surface area contributed by atoms with E-state index < -0.39 is 0 Å². The molecule has 0 radical (unpaired) electrons. The van der Waals surface area contributed by atoms with Gasteiger partial charge < -0.3 is 11.5 Å². The molecule has 2 heteroatoms. The highest BCUT2D eigenvalue weighted by Crippen LogP contribution is 2.20. The van der Waals surface area contributed by atoms with Gasteiger partial charge in [-0.15, -0.1) is 0 Å². The lowest BCUT2D eigenvalue weighted by atomic mass is 10.0. The lowest BCUT2D eigenvalue weighted by Crippen LogP contribution is -2.10. The molecule has 0 aliphatic heterocycles. The van der Waals surface area contributed by atoms with E-state index in [1.54, 1.807) is 0 Å². The van der Waals surface area contributed by atoms with Crippen LogP contribution >= 0.6 is 0 Å². The van der Waals surface area contributed by atoms with E-state index in [9.17, 15) is 0 Å². The number of hydrogen-bond donors (Lipinski definition) is 2. The summed E-state index contributed by atoms with van der Waals surface area (Å²) >= 11 is 0. The van der Waals surface area contributed by atoms with Gasteiger partial charge in [0.15, 0.2) is 0 Å². The van der Waals surface area contributed by atoms with Gasteiger partial charge in [-0.1, -0.05) is 25.5 Å². The van der Waals surface area contributed by atoms with Crippen molar-refractivity contribution in [3.63, 3.8) is 0 Å². The lowest BCUT2D eigenvalue weighted by molar-refractivity contribution is 0.638. The minimum absolute atomic E-state index is 0.132. The summed E-state index contributed by atoms with van der Waals surface area (Å²) in [5, 5.41) is 0. The molecule has 4 N–H and O–H groups in total. The minimum Gasteiger partial charge on any atom is -0.399 e. The molecule has 0 heterocycles. The van der Waals surface area contributed by atoms with Crippen LogP contribution in [0.1, 0.15) is 36.9 Å². The second kappa shape index (κ2) is 4.28. The first-order valence-corrected chi connectivity index (χ1v) is 4.76. The van der Waals surface area contributed by atoms with Gasteiger partial charge in [-0.3, -0.25) is 0 Å². The maximum absolute atomic E-state index is 5.97. The fraction of sp³-hybridized carbons (Fsp3) is 0.455. The van der Waals surface area contributed by atoms with Crippen molar-refractivity contribution in [3.05, 3.63) is 29.3 Å². The first kappa shape index (κ1) is 10.1. The van der Waals surface area contributed by atoms with Gasteiger partial charge in [-0.2, -0.15) is 0 Å². The fourth-order valence-electron chi connectivity index (χ4n) is 1.37. The van der Waals surface area contributed by atoms with Crippen LogP contribution in [0.4, 0.5) is 5.69 Å². The summed E-state index contributed by atoms with van der Waals surface area (Å²) in [5.74, 6) is 0. The van der Waals surface area contributed by atoms with Gasteiger partial charge in [-0.25, -0.2) is 0 Å². The summed E-state index contributed by atoms with van der Waals surface area (Å²) in [5.41, 5.74) is 14.9. The molecule has 0 bridgehead atoms. The molecule has 13 heavy (non-hydrogen) atoms. The van der Waals surface area contributed by atoms with Gasteiger partial charge in [0, 0.05) is 11.7 Å². The Labute approximate surface area is 79.9 Å². The van der Waals surface area contributed by atoms with E-state index in [0.29, 0.717) is 0 Å². The van der Waals surface area contributed by atoms with Crippen molar-refractivity contribution in [2.24, 2.45) is 5.73 Å². The molecule has 0 saturated heterocycles. The van der Waals surface area contributed by atoms with Crippen LogP contribution in [-0.4, -0.2) is 0 Å². The van der Waals surface area contributed by atoms with Crippen LogP contribution in [0.15, 0.2) is 18.2 Å². The molecule has 0 saturated carbocycles. The van der Waals surface area contributed by atoms with Gasteiger partial charge in [0.05, 0.1) is 0 Å². The maximum atomic E-state index is 5.97. The summed E-state index contributed by atoms with van der Waals surface area (Å²) < 4.78 is 0. The van der Waals surface area contributed by atoms with Crippen molar-refractivity contribution >= 4 is 5.69 Å². The molecule has 0 aliphatic carbocycles. The third kappa shape index (κ3) is 2.46. The van der Waals surface area contributed by atoms with E-state index in [1.807, 2.05) is 19.1 Å². The molecule has 0 spiro atoms. The Bertz CT molecular complexity index is 281. The summed E-state index contributed by atoms with van der Waals surface area (Å²) in [6.07, 6.45) is 2.12. The number of anilines is 1. The zero-order chi connectivity index (χ0) is 9.84. The topological polar surface area (TPSA) is 52.0 Å². The van der Waals surface area contributed by atoms with E-state index in [-0.39, 0.29) is 6.04 Å². The Balaban J connectivity index is 2.84. The number of nitrogens with two attached hydrogens (primary N) is 2. The van der Waals surface area contributed by atoms with Crippen LogP contribution in [0.2, 0.25) is 0 Å². The van der Waals surface area contributed by atoms with E-state index >= 15 is 0 Å². The second-order valence-electron chi connectivity index (χ2n) is 3.51. The molecule has 1 aromatic carbocycles.